The molecule has 1 fully saturated rings. The number of nitrogens with zero attached hydrogens (tertiary/aromatic N) is 2. The summed E-state index contributed by atoms with van der Waals surface area (Å²) in [5, 5.41) is 0. The monoisotopic (exact) mass is 454 g/mol. The fourth-order valence-corrected chi connectivity index (χ4v) is 7.90. The van der Waals surface area contributed by atoms with Crippen LogP contribution in [-0.2, 0) is 0 Å². The van der Waals surface area contributed by atoms with Crippen LogP contribution in [0.15, 0.2) is 65.3 Å². The van der Waals surface area contributed by atoms with Gasteiger partial charge in [-0.15, -0.1) is 0 Å². The summed E-state index contributed by atoms with van der Waals surface area (Å²) in [5.74, 6) is 2.10. The van der Waals surface area contributed by atoms with E-state index in [1.165, 1.54) is 16.6 Å². The van der Waals surface area contributed by atoms with Gasteiger partial charge in [-0.1, -0.05) is 54.6 Å². The molecule has 6 atom stereocenters. The first-order valence-corrected chi connectivity index (χ1v) is 12.8. The zero-order chi connectivity index (χ0) is 23.1. The van der Waals surface area contributed by atoms with Gasteiger partial charge in [-0.3, -0.25) is 13.6 Å². The van der Waals surface area contributed by atoms with Crippen LogP contribution < -0.4 is 0 Å². The van der Waals surface area contributed by atoms with Gasteiger partial charge in [0, 0.05) is 46.3 Å². The quantitative estimate of drug-likeness (QED) is 0.346. The minimum absolute atomic E-state index is 0.206. The van der Waals surface area contributed by atoms with E-state index < -0.39 is 7.40 Å². The Bertz CT molecular complexity index is 1300. The van der Waals surface area contributed by atoms with Crippen molar-refractivity contribution in [1.82, 2.24) is 4.48 Å². The standard InChI is InChI=1S/C29H29BF2N2/c1-16-23-19-8-12-21(13-9-19)25(23)28(33-16)27(18-6-4-3-5-7-18)29-26-22-14-10-20(11-15-22)24(26)17(2)34(29)30(31)32/h3-8,10,12,14,19-23,25H,9,11,13,15H2,1-2H3/b28-27-. The predicted molar refractivity (Wildman–Crippen MR) is 134 cm³/mol. The third kappa shape index (κ3) is 2.70. The van der Waals surface area contributed by atoms with E-state index in [-0.39, 0.29) is 17.8 Å². The maximum absolute atomic E-state index is 14.8. The van der Waals surface area contributed by atoms with Gasteiger partial charge in [0.2, 0.25) is 0 Å². The molecule has 1 aromatic carbocycles. The predicted octanol–water partition coefficient (Wildman–Crippen LogP) is 7.16. The first-order chi connectivity index (χ1) is 16.5. The molecule has 5 heteroatoms. The Balaban J connectivity index is 1.56. The van der Waals surface area contributed by atoms with Crippen molar-refractivity contribution in [3.8, 4) is 0 Å². The fourth-order valence-electron chi connectivity index (χ4n) is 7.90. The molecule has 172 valence electrons. The lowest BCUT2D eigenvalue weighted by Crippen LogP contribution is -2.38. The molecule has 6 unspecified atom stereocenters. The number of fused-ring (bicyclic) bond motifs is 2. The molecule has 4 bridgehead atoms. The van der Waals surface area contributed by atoms with Crippen LogP contribution in [0.25, 0.3) is 5.57 Å². The maximum atomic E-state index is 14.8. The van der Waals surface area contributed by atoms with E-state index in [0.29, 0.717) is 17.8 Å². The van der Waals surface area contributed by atoms with E-state index in [4.69, 9.17) is 4.99 Å². The number of halogens is 2. The van der Waals surface area contributed by atoms with Crippen LogP contribution in [0, 0.1) is 30.6 Å². The van der Waals surface area contributed by atoms with Gasteiger partial charge in [0.05, 0.1) is 5.70 Å². The first kappa shape index (κ1) is 20.7. The molecule has 0 amide bonds. The highest BCUT2D eigenvalue weighted by atomic mass is 19.2. The number of aliphatic imine (C=N–C) groups is 1. The molecule has 9 rings (SSSR count). The molecule has 0 spiro atoms. The molecule has 2 heterocycles. The Labute approximate surface area is 200 Å². The third-order valence-corrected chi connectivity index (χ3v) is 9.24. The molecule has 6 aliphatic carbocycles. The molecule has 0 N–H and O–H groups in total. The molecule has 0 radical (unpaired) electrons. The summed E-state index contributed by atoms with van der Waals surface area (Å²) in [7, 11) is -2.58. The van der Waals surface area contributed by atoms with Crippen molar-refractivity contribution >= 4 is 18.7 Å². The first-order valence-electron chi connectivity index (χ1n) is 12.8. The molecular weight excluding hydrogens is 425 g/mol. The molecule has 1 aromatic heterocycles. The summed E-state index contributed by atoms with van der Waals surface area (Å²) in [6.45, 7) is 4.05. The molecule has 2 nitrogen and oxygen atoms in total. The molecule has 34 heavy (non-hydrogen) atoms. The van der Waals surface area contributed by atoms with E-state index in [1.807, 2.05) is 25.1 Å². The SMILES string of the molecule is CC1=N/C(=C(/c2ccccc2)c2c3c(c(C)n2B(F)F)C2C=CC3CC2)C2C3C=CC(CC3)C12. The van der Waals surface area contributed by atoms with Crippen LogP contribution in [0.3, 0.4) is 0 Å². The van der Waals surface area contributed by atoms with Gasteiger partial charge >= 0.3 is 7.40 Å². The van der Waals surface area contributed by atoms with Crippen molar-refractivity contribution in [2.24, 2.45) is 28.7 Å². The minimum Gasteiger partial charge on any atom is -0.329 e. The third-order valence-electron chi connectivity index (χ3n) is 9.24. The van der Waals surface area contributed by atoms with Gasteiger partial charge in [-0.2, -0.15) is 0 Å². The topological polar surface area (TPSA) is 17.3 Å². The Morgan fingerprint density at radius 1 is 0.853 bits per heavy atom. The highest BCUT2D eigenvalue weighted by Crippen LogP contribution is 2.56. The molecule has 1 saturated carbocycles. The maximum Gasteiger partial charge on any atom is 0.677 e. The number of allylic oxidation sites excluding steroid dienone is 5. The number of benzene rings is 1. The van der Waals surface area contributed by atoms with Crippen LogP contribution >= 0.6 is 0 Å². The van der Waals surface area contributed by atoms with Crippen molar-refractivity contribution in [2.45, 2.75) is 51.4 Å². The minimum atomic E-state index is -2.58. The summed E-state index contributed by atoms with van der Waals surface area (Å²) in [4.78, 5) is 5.23. The normalized spacial score (nSPS) is 33.7. The van der Waals surface area contributed by atoms with Crippen molar-refractivity contribution in [3.05, 3.63) is 88.4 Å². The Kier molecular flexibility index (Phi) is 4.50. The number of hydrogen-bond acceptors (Lipinski definition) is 1. The Morgan fingerprint density at radius 2 is 1.50 bits per heavy atom. The zero-order valence-corrected chi connectivity index (χ0v) is 19.7. The lowest BCUT2D eigenvalue weighted by atomic mass is 9.61. The second-order valence-corrected chi connectivity index (χ2v) is 10.8. The highest BCUT2D eigenvalue weighted by molar-refractivity contribution is 6.41. The number of rotatable bonds is 3. The molecule has 2 aromatic rings. The van der Waals surface area contributed by atoms with Crippen molar-refractivity contribution in [2.75, 3.05) is 0 Å². The van der Waals surface area contributed by atoms with Gasteiger partial charge in [0.1, 0.15) is 0 Å². The second kappa shape index (κ2) is 7.40. The summed E-state index contributed by atoms with van der Waals surface area (Å²) < 4.78 is 31.0. The Hall–Kier alpha value is -2.69. The molecule has 1 aliphatic heterocycles. The second-order valence-electron chi connectivity index (χ2n) is 10.8. The summed E-state index contributed by atoms with van der Waals surface area (Å²) >= 11 is 0. The van der Waals surface area contributed by atoms with Gasteiger partial charge in [-0.25, -0.2) is 0 Å². The van der Waals surface area contributed by atoms with E-state index in [2.05, 4.69) is 43.4 Å². The van der Waals surface area contributed by atoms with E-state index >= 15 is 0 Å². The number of hydrogen-bond donors (Lipinski definition) is 0. The molecular formula is C29H29BF2N2. The van der Waals surface area contributed by atoms with Crippen molar-refractivity contribution in [1.29, 1.82) is 0 Å². The largest absolute Gasteiger partial charge is 0.677 e. The summed E-state index contributed by atoms with van der Waals surface area (Å²) in [5.41, 5.74) is 7.90. The fraction of sp³-hybridized carbons (Fsp3) is 0.414. The van der Waals surface area contributed by atoms with Crippen LogP contribution in [0.1, 0.15) is 72.5 Å². The number of aromatic nitrogens is 1. The molecule has 0 saturated heterocycles. The highest BCUT2D eigenvalue weighted by Gasteiger charge is 2.49. The van der Waals surface area contributed by atoms with Crippen LogP contribution in [-0.4, -0.2) is 17.6 Å². The average Bonchev–Trinajstić information content (AvgIpc) is 3.40. The summed E-state index contributed by atoms with van der Waals surface area (Å²) in [6.07, 6.45) is 13.7. The lowest BCUT2D eigenvalue weighted by molar-refractivity contribution is 0.212. The van der Waals surface area contributed by atoms with Crippen molar-refractivity contribution in [3.63, 3.8) is 0 Å². The van der Waals surface area contributed by atoms with Crippen molar-refractivity contribution < 1.29 is 8.63 Å². The smallest absolute Gasteiger partial charge is 0.329 e. The van der Waals surface area contributed by atoms with E-state index in [9.17, 15) is 8.63 Å². The zero-order valence-electron chi connectivity index (χ0n) is 19.7. The van der Waals surface area contributed by atoms with Crippen LogP contribution in [0.4, 0.5) is 8.63 Å². The van der Waals surface area contributed by atoms with Gasteiger partial charge in [0.25, 0.3) is 0 Å². The van der Waals surface area contributed by atoms with Gasteiger partial charge in [-0.05, 0) is 68.1 Å². The average molecular weight is 454 g/mol. The van der Waals surface area contributed by atoms with E-state index in [0.717, 1.165) is 58.6 Å². The van der Waals surface area contributed by atoms with E-state index in [1.54, 1.807) is 0 Å². The summed E-state index contributed by atoms with van der Waals surface area (Å²) in [6, 6.07) is 10.2. The van der Waals surface area contributed by atoms with Crippen LogP contribution in [0.2, 0.25) is 0 Å². The Morgan fingerprint density at radius 3 is 2.12 bits per heavy atom. The lowest BCUT2D eigenvalue weighted by Gasteiger charge is -2.42. The van der Waals surface area contributed by atoms with Gasteiger partial charge in [0.15, 0.2) is 0 Å². The molecule has 7 aliphatic rings. The van der Waals surface area contributed by atoms with Crippen LogP contribution in [0.5, 0.6) is 0 Å². The van der Waals surface area contributed by atoms with Gasteiger partial charge < -0.3 is 4.48 Å².